The molecule has 0 saturated carbocycles. The standard InChI is InChI=1S/C28H30FN4O5P/c1-7-26(34)32(6)22-10-8-9-19(13-22)21-14-23-24(20-11-12-30-25(29)15-20)17-33(27(23)31-16-21)18(2)37-39(35,36)38-28(3,4)5/h7-18H,1H2,2-6H3,(H,35,36). The summed E-state index contributed by atoms with van der Waals surface area (Å²) in [7, 11) is -2.77. The molecule has 0 fully saturated rings. The summed E-state index contributed by atoms with van der Waals surface area (Å²) in [4.78, 5) is 32.2. The molecular formula is C28H30FN4O5P. The molecule has 3 heterocycles. The molecule has 0 aliphatic rings. The Morgan fingerprint density at radius 3 is 2.59 bits per heavy atom. The number of rotatable bonds is 8. The molecule has 39 heavy (non-hydrogen) atoms. The number of likely N-dealkylation sites (N-methyl/N-ethyl adjacent to an activating group) is 1. The van der Waals surface area contributed by atoms with Crippen LogP contribution < -0.4 is 4.90 Å². The number of phosphoric acid groups is 1. The molecule has 0 spiro atoms. The van der Waals surface area contributed by atoms with Gasteiger partial charge in [0.2, 0.25) is 11.9 Å². The quantitative estimate of drug-likeness (QED) is 0.151. The van der Waals surface area contributed by atoms with Gasteiger partial charge in [-0.25, -0.2) is 14.5 Å². The fourth-order valence-corrected chi connectivity index (χ4v) is 5.36. The molecule has 2 unspecified atom stereocenters. The normalized spacial score (nSPS) is 14.1. The molecule has 3 aromatic heterocycles. The highest BCUT2D eigenvalue weighted by molar-refractivity contribution is 7.47. The number of hydrogen-bond donors (Lipinski definition) is 1. The molecule has 9 nitrogen and oxygen atoms in total. The van der Waals surface area contributed by atoms with Crippen molar-refractivity contribution < 1.29 is 27.7 Å². The minimum atomic E-state index is -4.43. The summed E-state index contributed by atoms with van der Waals surface area (Å²) in [5, 5.41) is 0.652. The summed E-state index contributed by atoms with van der Waals surface area (Å²) in [5.41, 5.74) is 2.92. The zero-order chi connectivity index (χ0) is 28.5. The minimum Gasteiger partial charge on any atom is -0.312 e. The van der Waals surface area contributed by atoms with Crippen LogP contribution >= 0.6 is 7.82 Å². The van der Waals surface area contributed by atoms with Crippen LogP contribution in [0.1, 0.15) is 33.9 Å². The molecular weight excluding hydrogens is 522 g/mol. The highest BCUT2D eigenvalue weighted by atomic mass is 31.2. The largest absolute Gasteiger partial charge is 0.474 e. The molecule has 2 atom stereocenters. The maximum Gasteiger partial charge on any atom is 0.474 e. The number of hydrogen-bond acceptors (Lipinski definition) is 6. The van der Waals surface area contributed by atoms with Crippen molar-refractivity contribution in [2.24, 2.45) is 0 Å². The maximum absolute atomic E-state index is 14.1. The number of phosphoric ester groups is 1. The first-order valence-electron chi connectivity index (χ1n) is 12.1. The van der Waals surface area contributed by atoms with Crippen LogP contribution in [0.15, 0.2) is 73.7 Å². The van der Waals surface area contributed by atoms with E-state index in [-0.39, 0.29) is 5.91 Å². The number of amides is 1. The number of pyridine rings is 2. The van der Waals surface area contributed by atoms with E-state index in [9.17, 15) is 18.6 Å². The van der Waals surface area contributed by atoms with Gasteiger partial charge < -0.3 is 14.4 Å². The fourth-order valence-electron chi connectivity index (χ4n) is 4.14. The Morgan fingerprint density at radius 1 is 1.18 bits per heavy atom. The van der Waals surface area contributed by atoms with Crippen molar-refractivity contribution in [2.45, 2.75) is 39.5 Å². The maximum atomic E-state index is 14.1. The molecule has 1 aromatic carbocycles. The second-order valence-electron chi connectivity index (χ2n) is 9.94. The topological polar surface area (TPSA) is 107 Å². The summed E-state index contributed by atoms with van der Waals surface area (Å²) >= 11 is 0. The Labute approximate surface area is 226 Å². The number of nitrogens with zero attached hydrogens (tertiary/aromatic N) is 4. The van der Waals surface area contributed by atoms with Gasteiger partial charge in [-0.2, -0.15) is 4.39 Å². The van der Waals surface area contributed by atoms with Crippen molar-refractivity contribution >= 4 is 30.5 Å². The van der Waals surface area contributed by atoms with E-state index in [1.807, 2.05) is 30.3 Å². The predicted octanol–water partition coefficient (Wildman–Crippen LogP) is 6.50. The van der Waals surface area contributed by atoms with Crippen LogP contribution in [0.3, 0.4) is 0 Å². The van der Waals surface area contributed by atoms with Crippen LogP contribution in [0.2, 0.25) is 0 Å². The summed E-state index contributed by atoms with van der Waals surface area (Å²) in [6, 6.07) is 12.2. The number of benzene rings is 1. The van der Waals surface area contributed by atoms with Gasteiger partial charge in [0, 0.05) is 53.9 Å². The molecule has 11 heteroatoms. The molecule has 4 aromatic rings. The van der Waals surface area contributed by atoms with Gasteiger partial charge in [0.15, 0.2) is 0 Å². The van der Waals surface area contributed by atoms with E-state index < -0.39 is 25.6 Å². The fraction of sp³-hybridized carbons (Fsp3) is 0.250. The van der Waals surface area contributed by atoms with Gasteiger partial charge in [0.1, 0.15) is 11.9 Å². The van der Waals surface area contributed by atoms with Crippen molar-refractivity contribution in [1.82, 2.24) is 14.5 Å². The van der Waals surface area contributed by atoms with Gasteiger partial charge in [-0.05, 0) is 69.2 Å². The highest BCUT2D eigenvalue weighted by Gasteiger charge is 2.32. The molecule has 4 rings (SSSR count). The van der Waals surface area contributed by atoms with Gasteiger partial charge in [0.25, 0.3) is 0 Å². The highest BCUT2D eigenvalue weighted by Crippen LogP contribution is 2.50. The molecule has 0 radical (unpaired) electrons. The SMILES string of the molecule is C=CC(=O)N(C)c1cccc(-c2cnc3c(c2)c(-c2ccnc(F)c2)cn3C(C)OP(=O)(O)OC(C)(C)C)c1. The number of anilines is 1. The third-order valence-electron chi connectivity index (χ3n) is 5.85. The lowest BCUT2D eigenvalue weighted by Crippen LogP contribution is -2.23. The van der Waals surface area contributed by atoms with Gasteiger partial charge in [-0.15, -0.1) is 0 Å². The summed E-state index contributed by atoms with van der Waals surface area (Å²) in [5.74, 6) is -0.895. The first kappa shape index (κ1) is 28.3. The lowest BCUT2D eigenvalue weighted by Gasteiger charge is -2.25. The summed E-state index contributed by atoms with van der Waals surface area (Å²) < 4.78 is 39.0. The number of carbonyl (C=O) groups excluding carboxylic acids is 1. The number of carbonyl (C=O) groups is 1. The summed E-state index contributed by atoms with van der Waals surface area (Å²) in [6.07, 6.45) is 4.99. The number of aromatic nitrogens is 3. The van der Waals surface area contributed by atoms with Gasteiger partial charge in [-0.1, -0.05) is 18.7 Å². The molecule has 0 bridgehead atoms. The molecule has 1 amide bonds. The molecule has 1 N–H and O–H groups in total. The minimum absolute atomic E-state index is 0.245. The number of fused-ring (bicyclic) bond motifs is 1. The Morgan fingerprint density at radius 2 is 1.92 bits per heavy atom. The lowest BCUT2D eigenvalue weighted by molar-refractivity contribution is -0.113. The Balaban J connectivity index is 1.83. The second kappa shape index (κ2) is 10.8. The van der Waals surface area contributed by atoms with Crippen LogP contribution in [0.25, 0.3) is 33.3 Å². The van der Waals surface area contributed by atoms with E-state index >= 15 is 0 Å². The zero-order valence-corrected chi connectivity index (χ0v) is 23.2. The van der Waals surface area contributed by atoms with Crippen LogP contribution in [0, 0.1) is 5.95 Å². The molecule has 0 saturated heterocycles. The van der Waals surface area contributed by atoms with Crippen LogP contribution in [0.4, 0.5) is 10.1 Å². The molecule has 0 aliphatic heterocycles. The van der Waals surface area contributed by atoms with Crippen molar-refractivity contribution in [3.05, 3.63) is 79.7 Å². The van der Waals surface area contributed by atoms with Crippen LogP contribution in [0.5, 0.6) is 0 Å². The Hall–Kier alpha value is -3.69. The summed E-state index contributed by atoms with van der Waals surface area (Å²) in [6.45, 7) is 10.1. The van der Waals surface area contributed by atoms with E-state index in [4.69, 9.17) is 9.05 Å². The van der Waals surface area contributed by atoms with E-state index in [0.29, 0.717) is 27.8 Å². The monoisotopic (exact) mass is 552 g/mol. The van der Waals surface area contributed by atoms with Crippen molar-refractivity contribution in [3.63, 3.8) is 0 Å². The third kappa shape index (κ3) is 6.49. The van der Waals surface area contributed by atoms with E-state index in [1.54, 1.807) is 57.8 Å². The first-order valence-corrected chi connectivity index (χ1v) is 13.6. The lowest BCUT2D eigenvalue weighted by atomic mass is 10.0. The Kier molecular flexibility index (Phi) is 7.86. The molecule has 0 aliphatic carbocycles. The van der Waals surface area contributed by atoms with Crippen molar-refractivity contribution in [2.75, 3.05) is 11.9 Å². The zero-order valence-electron chi connectivity index (χ0n) is 22.3. The Bertz CT molecular complexity index is 1600. The van der Waals surface area contributed by atoms with Crippen LogP contribution in [-0.2, 0) is 18.4 Å². The number of halogens is 1. The average Bonchev–Trinajstić information content (AvgIpc) is 3.25. The van der Waals surface area contributed by atoms with Gasteiger partial charge in [0.05, 0.1) is 5.60 Å². The third-order valence-corrected chi connectivity index (χ3v) is 7.20. The predicted molar refractivity (Wildman–Crippen MR) is 148 cm³/mol. The van der Waals surface area contributed by atoms with Gasteiger partial charge in [-0.3, -0.25) is 13.8 Å². The second-order valence-corrected chi connectivity index (χ2v) is 11.3. The van der Waals surface area contributed by atoms with Gasteiger partial charge >= 0.3 is 7.82 Å². The van der Waals surface area contributed by atoms with Crippen molar-refractivity contribution in [1.29, 1.82) is 0 Å². The first-order chi connectivity index (χ1) is 18.3. The average molecular weight is 553 g/mol. The molecule has 204 valence electrons. The van der Waals surface area contributed by atoms with E-state index in [0.717, 1.165) is 11.1 Å². The van der Waals surface area contributed by atoms with Crippen molar-refractivity contribution in [3.8, 4) is 22.3 Å². The van der Waals surface area contributed by atoms with E-state index in [1.165, 1.54) is 23.2 Å². The van der Waals surface area contributed by atoms with E-state index in [2.05, 4.69) is 16.5 Å². The van der Waals surface area contributed by atoms with Crippen LogP contribution in [-0.4, -0.2) is 38.0 Å². The smallest absolute Gasteiger partial charge is 0.312 e.